The zero-order valence-corrected chi connectivity index (χ0v) is 11.4. The van der Waals surface area contributed by atoms with Crippen molar-refractivity contribution in [1.82, 2.24) is 5.32 Å². The molecule has 1 amide bonds. The van der Waals surface area contributed by atoms with Gasteiger partial charge in [0.05, 0.1) is 9.21 Å². The van der Waals surface area contributed by atoms with Gasteiger partial charge in [-0.05, 0) is 19.1 Å². The van der Waals surface area contributed by atoms with Gasteiger partial charge in [0.1, 0.15) is 6.04 Å². The molecule has 18 heavy (non-hydrogen) atoms. The highest BCUT2D eigenvalue weighted by atomic mass is 35.5. The molecule has 1 N–H and O–H groups in total. The Balaban J connectivity index is 2.43. The molecule has 0 saturated carbocycles. The molecule has 98 valence electrons. The summed E-state index contributed by atoms with van der Waals surface area (Å²) in [5.41, 5.74) is 0. The van der Waals surface area contributed by atoms with Crippen molar-refractivity contribution >= 4 is 40.6 Å². The van der Waals surface area contributed by atoms with E-state index in [-0.39, 0.29) is 18.3 Å². The number of Topliss-reactive ketones (excluding diaryl/α,β-unsaturated/α-hetero) is 1. The molecule has 0 fully saturated rings. The normalized spacial score (nSPS) is 11.7. The second-order valence-corrected chi connectivity index (χ2v) is 5.27. The van der Waals surface area contributed by atoms with Crippen molar-refractivity contribution in [3.05, 3.63) is 21.3 Å². The standard InChI is InChI=1S/C11H12ClNO4S/c1-6(13-7(2)14)11(16)17-5-8(15)9-3-4-10(12)18-9/h3-4,6H,5H2,1-2H3,(H,13,14)/t6-/m1/s1. The Kier molecular flexibility index (Phi) is 5.30. The summed E-state index contributed by atoms with van der Waals surface area (Å²) < 4.78 is 5.29. The monoisotopic (exact) mass is 289 g/mol. The number of halogens is 1. The average molecular weight is 290 g/mol. The van der Waals surface area contributed by atoms with Crippen LogP contribution in [0, 0.1) is 0 Å². The van der Waals surface area contributed by atoms with E-state index in [0.717, 1.165) is 11.3 Å². The summed E-state index contributed by atoms with van der Waals surface area (Å²) in [6.45, 7) is 2.42. The number of carbonyl (C=O) groups excluding carboxylic acids is 3. The van der Waals surface area contributed by atoms with Crippen LogP contribution in [-0.2, 0) is 14.3 Å². The summed E-state index contributed by atoms with van der Waals surface area (Å²) in [5.74, 6) is -1.31. The summed E-state index contributed by atoms with van der Waals surface area (Å²) in [6, 6.07) is 2.39. The number of rotatable bonds is 5. The molecule has 1 aromatic rings. The number of thiophene rings is 1. The lowest BCUT2D eigenvalue weighted by Crippen LogP contribution is -2.38. The molecule has 7 heteroatoms. The van der Waals surface area contributed by atoms with Crippen LogP contribution in [0.15, 0.2) is 12.1 Å². The Morgan fingerprint density at radius 1 is 1.44 bits per heavy atom. The van der Waals surface area contributed by atoms with Gasteiger partial charge in [0, 0.05) is 6.92 Å². The fraction of sp³-hybridized carbons (Fsp3) is 0.364. The van der Waals surface area contributed by atoms with Crippen LogP contribution in [0.3, 0.4) is 0 Å². The highest BCUT2D eigenvalue weighted by Gasteiger charge is 2.17. The smallest absolute Gasteiger partial charge is 0.328 e. The first-order chi connectivity index (χ1) is 8.40. The van der Waals surface area contributed by atoms with Crippen molar-refractivity contribution in [3.8, 4) is 0 Å². The summed E-state index contributed by atoms with van der Waals surface area (Å²) in [7, 11) is 0. The maximum Gasteiger partial charge on any atom is 0.328 e. The molecular weight excluding hydrogens is 278 g/mol. The number of carbonyl (C=O) groups is 3. The molecule has 0 aliphatic rings. The van der Waals surface area contributed by atoms with E-state index in [9.17, 15) is 14.4 Å². The highest BCUT2D eigenvalue weighted by Crippen LogP contribution is 2.21. The molecular formula is C11H12ClNO4S. The zero-order chi connectivity index (χ0) is 13.7. The third-order valence-electron chi connectivity index (χ3n) is 1.97. The third-order valence-corrected chi connectivity index (χ3v) is 3.24. The van der Waals surface area contributed by atoms with Crippen LogP contribution in [0.4, 0.5) is 0 Å². The van der Waals surface area contributed by atoms with Crippen molar-refractivity contribution in [3.63, 3.8) is 0 Å². The quantitative estimate of drug-likeness (QED) is 0.661. The van der Waals surface area contributed by atoms with E-state index in [1.807, 2.05) is 0 Å². The predicted molar refractivity (Wildman–Crippen MR) is 67.9 cm³/mol. The average Bonchev–Trinajstić information content (AvgIpc) is 2.71. The number of esters is 1. The first-order valence-electron chi connectivity index (χ1n) is 5.12. The molecule has 1 atom stereocenters. The molecule has 0 aliphatic heterocycles. The Morgan fingerprint density at radius 2 is 2.11 bits per heavy atom. The maximum atomic E-state index is 11.6. The summed E-state index contributed by atoms with van der Waals surface area (Å²) in [4.78, 5) is 34.2. The van der Waals surface area contributed by atoms with E-state index < -0.39 is 12.0 Å². The summed E-state index contributed by atoms with van der Waals surface area (Å²) in [5, 5.41) is 2.37. The second kappa shape index (κ2) is 6.51. The fourth-order valence-electron chi connectivity index (χ4n) is 1.16. The first kappa shape index (κ1) is 14.7. The van der Waals surface area contributed by atoms with Gasteiger partial charge in [-0.15, -0.1) is 11.3 Å². The summed E-state index contributed by atoms with van der Waals surface area (Å²) in [6.07, 6.45) is 0. The third kappa shape index (κ3) is 4.46. The van der Waals surface area contributed by atoms with Crippen LogP contribution in [0.25, 0.3) is 0 Å². The second-order valence-electron chi connectivity index (χ2n) is 3.56. The maximum absolute atomic E-state index is 11.6. The Hall–Kier alpha value is -1.40. The van der Waals surface area contributed by atoms with Gasteiger partial charge in [-0.25, -0.2) is 4.79 Å². The Morgan fingerprint density at radius 3 is 2.61 bits per heavy atom. The van der Waals surface area contributed by atoms with E-state index in [0.29, 0.717) is 9.21 Å². The molecule has 0 aliphatic carbocycles. The van der Waals surface area contributed by atoms with Crippen molar-refractivity contribution in [2.24, 2.45) is 0 Å². The predicted octanol–water partition coefficient (Wildman–Crippen LogP) is 1.65. The fourth-order valence-corrected chi connectivity index (χ4v) is 2.13. The zero-order valence-electron chi connectivity index (χ0n) is 9.86. The Labute approximate surface area is 113 Å². The van der Waals surface area contributed by atoms with Crippen LogP contribution in [0.2, 0.25) is 4.34 Å². The van der Waals surface area contributed by atoms with Gasteiger partial charge in [-0.2, -0.15) is 0 Å². The van der Waals surface area contributed by atoms with E-state index >= 15 is 0 Å². The van der Waals surface area contributed by atoms with E-state index in [1.165, 1.54) is 13.8 Å². The molecule has 0 aromatic carbocycles. The number of ketones is 1. The number of nitrogens with one attached hydrogen (secondary N) is 1. The molecule has 1 heterocycles. The lowest BCUT2D eigenvalue weighted by Gasteiger charge is -2.11. The minimum absolute atomic E-state index is 0.324. The minimum atomic E-state index is -0.776. The van der Waals surface area contributed by atoms with Crippen LogP contribution in [0.5, 0.6) is 0 Å². The van der Waals surface area contributed by atoms with Crippen LogP contribution in [-0.4, -0.2) is 30.3 Å². The van der Waals surface area contributed by atoms with Crippen molar-refractivity contribution < 1.29 is 19.1 Å². The molecule has 1 aromatic heterocycles. The molecule has 0 radical (unpaired) electrons. The van der Waals surface area contributed by atoms with Gasteiger partial charge in [-0.1, -0.05) is 11.6 Å². The molecule has 0 saturated heterocycles. The topological polar surface area (TPSA) is 72.5 Å². The first-order valence-corrected chi connectivity index (χ1v) is 6.32. The summed E-state index contributed by atoms with van der Waals surface area (Å²) >= 11 is 6.81. The van der Waals surface area contributed by atoms with Gasteiger partial charge < -0.3 is 10.1 Å². The van der Waals surface area contributed by atoms with Gasteiger partial charge >= 0.3 is 5.97 Å². The highest BCUT2D eigenvalue weighted by molar-refractivity contribution is 7.18. The SMILES string of the molecule is CC(=O)N[C@H](C)C(=O)OCC(=O)c1ccc(Cl)s1. The van der Waals surface area contributed by atoms with E-state index in [1.54, 1.807) is 12.1 Å². The van der Waals surface area contributed by atoms with Crippen molar-refractivity contribution in [2.75, 3.05) is 6.61 Å². The molecule has 0 unspecified atom stereocenters. The van der Waals surface area contributed by atoms with Gasteiger partial charge in [-0.3, -0.25) is 9.59 Å². The number of ether oxygens (including phenoxy) is 1. The van der Waals surface area contributed by atoms with Crippen LogP contribution in [0.1, 0.15) is 23.5 Å². The molecule has 1 rings (SSSR count). The van der Waals surface area contributed by atoms with E-state index in [2.05, 4.69) is 5.32 Å². The van der Waals surface area contributed by atoms with Gasteiger partial charge in [0.2, 0.25) is 11.7 Å². The van der Waals surface area contributed by atoms with Crippen molar-refractivity contribution in [1.29, 1.82) is 0 Å². The number of amides is 1. The Bertz CT molecular complexity index is 471. The van der Waals surface area contributed by atoms with Crippen molar-refractivity contribution in [2.45, 2.75) is 19.9 Å². The van der Waals surface area contributed by atoms with Crippen LogP contribution < -0.4 is 5.32 Å². The lowest BCUT2D eigenvalue weighted by atomic mass is 10.3. The molecule has 0 spiro atoms. The minimum Gasteiger partial charge on any atom is -0.456 e. The van der Waals surface area contributed by atoms with Gasteiger partial charge in [0.15, 0.2) is 6.61 Å². The van der Waals surface area contributed by atoms with E-state index in [4.69, 9.17) is 16.3 Å². The number of hydrogen-bond donors (Lipinski definition) is 1. The van der Waals surface area contributed by atoms with Crippen LogP contribution >= 0.6 is 22.9 Å². The largest absolute Gasteiger partial charge is 0.456 e. The number of hydrogen-bond acceptors (Lipinski definition) is 5. The lowest BCUT2D eigenvalue weighted by molar-refractivity contribution is -0.146. The van der Waals surface area contributed by atoms with Gasteiger partial charge in [0.25, 0.3) is 0 Å². The molecule has 0 bridgehead atoms. The molecule has 5 nitrogen and oxygen atoms in total.